The summed E-state index contributed by atoms with van der Waals surface area (Å²) in [6, 6.07) is 3.48. The Morgan fingerprint density at radius 2 is 1.83 bits per heavy atom. The molecule has 1 aromatic rings. The van der Waals surface area contributed by atoms with E-state index in [0.717, 1.165) is 11.8 Å². The summed E-state index contributed by atoms with van der Waals surface area (Å²) in [5.74, 6) is 1.52. The van der Waals surface area contributed by atoms with E-state index in [1.165, 1.54) is 14.2 Å². The summed E-state index contributed by atoms with van der Waals surface area (Å²) in [5, 5.41) is 8.73. The van der Waals surface area contributed by atoms with Crippen molar-refractivity contribution in [2.75, 3.05) is 27.4 Å². The predicted octanol–water partition coefficient (Wildman–Crippen LogP) is 1.21. The molecule has 18 heavy (non-hydrogen) atoms. The van der Waals surface area contributed by atoms with E-state index < -0.39 is 0 Å². The lowest BCUT2D eigenvalue weighted by atomic mass is 10.1. The molecule has 0 bridgehead atoms. The molecule has 0 amide bonds. The zero-order valence-corrected chi connectivity index (χ0v) is 10.6. The molecular formula is C13H18O5. The van der Waals surface area contributed by atoms with Crippen molar-refractivity contribution in [2.24, 2.45) is 0 Å². The first-order valence-electron chi connectivity index (χ1n) is 5.69. The molecule has 1 N–H and O–H groups in total. The van der Waals surface area contributed by atoms with Gasteiger partial charge in [-0.15, -0.1) is 0 Å². The van der Waals surface area contributed by atoms with Gasteiger partial charge in [-0.25, -0.2) is 0 Å². The fourth-order valence-corrected chi connectivity index (χ4v) is 1.53. The van der Waals surface area contributed by atoms with Crippen molar-refractivity contribution in [1.29, 1.82) is 0 Å². The molecule has 0 aliphatic heterocycles. The summed E-state index contributed by atoms with van der Waals surface area (Å²) in [5.41, 5.74) is 0.799. The summed E-state index contributed by atoms with van der Waals surface area (Å²) < 4.78 is 16.0. The summed E-state index contributed by atoms with van der Waals surface area (Å²) in [6.45, 7) is 0.435. The first-order chi connectivity index (χ1) is 8.76. The molecule has 1 rings (SSSR count). The molecular weight excluding hydrogens is 236 g/mol. The highest BCUT2D eigenvalue weighted by molar-refractivity contribution is 5.60. The van der Waals surface area contributed by atoms with Crippen LogP contribution in [0.1, 0.15) is 12.0 Å². The molecule has 0 atom stereocenters. The van der Waals surface area contributed by atoms with Crippen molar-refractivity contribution in [3.63, 3.8) is 0 Å². The average Bonchev–Trinajstić information content (AvgIpc) is 2.40. The fraction of sp³-hybridized carbons (Fsp3) is 0.462. The van der Waals surface area contributed by atoms with Gasteiger partial charge in [-0.05, 0) is 17.7 Å². The second-order valence-electron chi connectivity index (χ2n) is 3.63. The first kappa shape index (κ1) is 14.3. The Labute approximate surface area is 106 Å². The van der Waals surface area contributed by atoms with Crippen LogP contribution in [0.15, 0.2) is 12.1 Å². The third-order valence-electron chi connectivity index (χ3n) is 2.39. The lowest BCUT2D eigenvalue weighted by molar-refractivity contribution is -0.107. The Morgan fingerprint density at radius 3 is 2.28 bits per heavy atom. The minimum Gasteiger partial charge on any atom is -0.493 e. The van der Waals surface area contributed by atoms with Crippen LogP contribution in [0.25, 0.3) is 0 Å². The van der Waals surface area contributed by atoms with Gasteiger partial charge < -0.3 is 24.1 Å². The van der Waals surface area contributed by atoms with E-state index in [0.29, 0.717) is 36.7 Å². The number of ether oxygens (including phenoxy) is 3. The van der Waals surface area contributed by atoms with E-state index in [9.17, 15) is 4.79 Å². The van der Waals surface area contributed by atoms with Crippen LogP contribution in [0.2, 0.25) is 0 Å². The van der Waals surface area contributed by atoms with Crippen LogP contribution in [0.5, 0.6) is 17.2 Å². The maximum absolute atomic E-state index is 10.5. The maximum atomic E-state index is 10.5. The minimum absolute atomic E-state index is 0.0633. The van der Waals surface area contributed by atoms with E-state index in [1.807, 2.05) is 0 Å². The monoisotopic (exact) mass is 254 g/mol. The van der Waals surface area contributed by atoms with Gasteiger partial charge in [0.05, 0.1) is 20.8 Å². The lowest BCUT2D eigenvalue weighted by Crippen LogP contribution is -2.04. The number of hydrogen-bond donors (Lipinski definition) is 1. The zero-order chi connectivity index (χ0) is 13.4. The number of aldehydes is 1. The van der Waals surface area contributed by atoms with Gasteiger partial charge in [0, 0.05) is 19.4 Å². The van der Waals surface area contributed by atoms with Crippen LogP contribution >= 0.6 is 0 Å². The molecule has 5 nitrogen and oxygen atoms in total. The number of benzene rings is 1. The Balaban J connectivity index is 3.00. The van der Waals surface area contributed by atoms with Gasteiger partial charge in [0.25, 0.3) is 0 Å². The standard InChI is InChI=1S/C13H18O5/c1-16-11-8-10(4-6-15)9-12(17-2)13(11)18-7-3-5-14/h6,8-9,14H,3-5,7H2,1-2H3. The quantitative estimate of drug-likeness (QED) is 0.558. The van der Waals surface area contributed by atoms with Crippen LogP contribution in [-0.2, 0) is 11.2 Å². The number of hydrogen-bond acceptors (Lipinski definition) is 5. The van der Waals surface area contributed by atoms with Crippen LogP contribution < -0.4 is 14.2 Å². The van der Waals surface area contributed by atoms with Crippen LogP contribution in [0.3, 0.4) is 0 Å². The molecule has 100 valence electrons. The van der Waals surface area contributed by atoms with E-state index in [1.54, 1.807) is 12.1 Å². The molecule has 0 saturated carbocycles. The van der Waals surface area contributed by atoms with Crippen LogP contribution in [0, 0.1) is 0 Å². The van der Waals surface area contributed by atoms with Gasteiger partial charge in [0.1, 0.15) is 6.29 Å². The van der Waals surface area contributed by atoms with E-state index in [4.69, 9.17) is 19.3 Å². The van der Waals surface area contributed by atoms with Gasteiger partial charge in [-0.3, -0.25) is 0 Å². The molecule has 0 saturated heterocycles. The molecule has 0 aromatic heterocycles. The largest absolute Gasteiger partial charge is 0.493 e. The minimum atomic E-state index is 0.0633. The van der Waals surface area contributed by atoms with Gasteiger partial charge in [0.15, 0.2) is 11.5 Å². The topological polar surface area (TPSA) is 65.0 Å². The van der Waals surface area contributed by atoms with E-state index in [2.05, 4.69) is 0 Å². The summed E-state index contributed by atoms with van der Waals surface area (Å²) in [7, 11) is 3.05. The van der Waals surface area contributed by atoms with Gasteiger partial charge in [0.2, 0.25) is 5.75 Å². The van der Waals surface area contributed by atoms with Crippen molar-refractivity contribution >= 4 is 6.29 Å². The Bertz CT molecular complexity index is 364. The second-order valence-corrected chi connectivity index (χ2v) is 3.63. The van der Waals surface area contributed by atoms with Crippen molar-refractivity contribution in [3.05, 3.63) is 17.7 Å². The number of rotatable bonds is 8. The summed E-state index contributed by atoms with van der Waals surface area (Å²) in [6.07, 6.45) is 1.65. The zero-order valence-electron chi connectivity index (χ0n) is 10.6. The number of methoxy groups -OCH3 is 2. The molecule has 0 unspecified atom stereocenters. The molecule has 0 aliphatic carbocycles. The third-order valence-corrected chi connectivity index (χ3v) is 2.39. The van der Waals surface area contributed by atoms with Crippen LogP contribution in [-0.4, -0.2) is 38.8 Å². The molecule has 0 spiro atoms. The number of aliphatic hydroxyl groups is 1. The summed E-state index contributed by atoms with van der Waals surface area (Å²) in [4.78, 5) is 10.5. The van der Waals surface area contributed by atoms with Crippen molar-refractivity contribution in [3.8, 4) is 17.2 Å². The van der Waals surface area contributed by atoms with Crippen LogP contribution in [0.4, 0.5) is 0 Å². The van der Waals surface area contributed by atoms with Crippen molar-refractivity contribution < 1.29 is 24.1 Å². The maximum Gasteiger partial charge on any atom is 0.203 e. The second kappa shape index (κ2) is 7.55. The SMILES string of the molecule is COc1cc(CC=O)cc(OC)c1OCCCO. The molecule has 0 radical (unpaired) electrons. The summed E-state index contributed by atoms with van der Waals surface area (Å²) >= 11 is 0. The number of carbonyl (C=O) groups is 1. The number of aliphatic hydroxyl groups excluding tert-OH is 1. The lowest BCUT2D eigenvalue weighted by Gasteiger charge is -2.15. The van der Waals surface area contributed by atoms with Gasteiger partial charge in [-0.1, -0.05) is 0 Å². The fourth-order valence-electron chi connectivity index (χ4n) is 1.53. The molecule has 0 aliphatic rings. The van der Waals surface area contributed by atoms with E-state index in [-0.39, 0.29) is 6.61 Å². The molecule has 0 heterocycles. The normalized spacial score (nSPS) is 9.94. The highest BCUT2D eigenvalue weighted by Gasteiger charge is 2.13. The molecule has 1 aromatic carbocycles. The van der Waals surface area contributed by atoms with Crippen molar-refractivity contribution in [2.45, 2.75) is 12.8 Å². The predicted molar refractivity (Wildman–Crippen MR) is 66.5 cm³/mol. The Morgan fingerprint density at radius 1 is 1.22 bits per heavy atom. The Hall–Kier alpha value is -1.75. The Kier molecular flexibility index (Phi) is 6.00. The smallest absolute Gasteiger partial charge is 0.203 e. The van der Waals surface area contributed by atoms with Gasteiger partial charge in [-0.2, -0.15) is 0 Å². The average molecular weight is 254 g/mol. The highest BCUT2D eigenvalue weighted by Crippen LogP contribution is 2.38. The molecule has 5 heteroatoms. The van der Waals surface area contributed by atoms with E-state index >= 15 is 0 Å². The highest BCUT2D eigenvalue weighted by atomic mass is 16.5. The third kappa shape index (κ3) is 3.63. The number of carbonyl (C=O) groups excluding carboxylic acids is 1. The van der Waals surface area contributed by atoms with Crippen molar-refractivity contribution in [1.82, 2.24) is 0 Å². The molecule has 0 fully saturated rings. The first-order valence-corrected chi connectivity index (χ1v) is 5.69. The van der Waals surface area contributed by atoms with Gasteiger partial charge >= 0.3 is 0 Å².